The number of rotatable bonds is 3. The Morgan fingerprint density at radius 3 is 2.40 bits per heavy atom. The summed E-state index contributed by atoms with van der Waals surface area (Å²) in [5, 5.41) is 0. The molecule has 1 aliphatic carbocycles. The second-order valence-electron chi connectivity index (χ2n) is 4.82. The van der Waals surface area contributed by atoms with Gasteiger partial charge in [-0.1, -0.05) is 13.8 Å². The Bertz CT molecular complexity index is 334. The number of nitrogens with zero attached hydrogens (tertiary/aromatic N) is 3. The number of anilines is 1. The van der Waals surface area contributed by atoms with Crippen molar-refractivity contribution in [2.45, 2.75) is 38.5 Å². The zero-order valence-electron chi connectivity index (χ0n) is 9.99. The average Bonchev–Trinajstić information content (AvgIpc) is 2.99. The summed E-state index contributed by atoms with van der Waals surface area (Å²) in [6.07, 6.45) is 4.29. The van der Waals surface area contributed by atoms with Gasteiger partial charge in [0.05, 0.1) is 5.69 Å². The molecule has 3 heteroatoms. The first-order valence-electron chi connectivity index (χ1n) is 5.63. The molecule has 1 saturated carbocycles. The molecule has 2 rings (SSSR count). The molecule has 0 aliphatic heterocycles. The number of hydrogen-bond donors (Lipinski definition) is 0. The van der Waals surface area contributed by atoms with Gasteiger partial charge in [0.15, 0.2) is 0 Å². The molecule has 0 N–H and O–H groups in total. The van der Waals surface area contributed by atoms with E-state index in [4.69, 9.17) is 0 Å². The SMILES string of the molecule is CC(C)c1c(C2CC2)ncnc1N(C)C. The van der Waals surface area contributed by atoms with Crippen LogP contribution in [0.4, 0.5) is 5.82 Å². The van der Waals surface area contributed by atoms with E-state index in [0.29, 0.717) is 11.8 Å². The third kappa shape index (κ3) is 1.96. The van der Waals surface area contributed by atoms with E-state index in [9.17, 15) is 0 Å². The summed E-state index contributed by atoms with van der Waals surface area (Å²) in [6.45, 7) is 4.44. The fourth-order valence-electron chi connectivity index (χ4n) is 1.99. The van der Waals surface area contributed by atoms with Gasteiger partial charge in [-0.2, -0.15) is 0 Å². The van der Waals surface area contributed by atoms with Gasteiger partial charge in [0.2, 0.25) is 0 Å². The van der Waals surface area contributed by atoms with Crippen molar-refractivity contribution >= 4 is 5.82 Å². The Balaban J connectivity index is 2.50. The van der Waals surface area contributed by atoms with E-state index >= 15 is 0 Å². The highest BCUT2D eigenvalue weighted by atomic mass is 15.1. The summed E-state index contributed by atoms with van der Waals surface area (Å²) in [5.74, 6) is 2.28. The van der Waals surface area contributed by atoms with Crippen LogP contribution < -0.4 is 4.90 Å². The predicted molar refractivity (Wildman–Crippen MR) is 62.4 cm³/mol. The van der Waals surface area contributed by atoms with E-state index in [-0.39, 0.29) is 0 Å². The van der Waals surface area contributed by atoms with Gasteiger partial charge in [0, 0.05) is 25.6 Å². The highest BCUT2D eigenvalue weighted by Crippen LogP contribution is 2.43. The normalized spacial score (nSPS) is 15.8. The molecule has 1 fully saturated rings. The molecule has 0 aromatic carbocycles. The van der Waals surface area contributed by atoms with Gasteiger partial charge < -0.3 is 4.90 Å². The van der Waals surface area contributed by atoms with Crippen LogP contribution in [0.25, 0.3) is 0 Å². The smallest absolute Gasteiger partial charge is 0.135 e. The molecule has 1 aliphatic rings. The molecule has 0 atom stereocenters. The summed E-state index contributed by atoms with van der Waals surface area (Å²) in [7, 11) is 4.09. The van der Waals surface area contributed by atoms with Crippen molar-refractivity contribution in [3.63, 3.8) is 0 Å². The Hall–Kier alpha value is -1.12. The van der Waals surface area contributed by atoms with Crippen LogP contribution in [0.1, 0.15) is 49.8 Å². The highest BCUT2D eigenvalue weighted by Gasteiger charge is 2.30. The van der Waals surface area contributed by atoms with Crippen molar-refractivity contribution < 1.29 is 0 Å². The summed E-state index contributed by atoms with van der Waals surface area (Å²) >= 11 is 0. The van der Waals surface area contributed by atoms with Crippen LogP contribution >= 0.6 is 0 Å². The first kappa shape index (κ1) is 10.4. The maximum absolute atomic E-state index is 4.47. The van der Waals surface area contributed by atoms with Crippen molar-refractivity contribution in [2.24, 2.45) is 0 Å². The largest absolute Gasteiger partial charge is 0.362 e. The maximum atomic E-state index is 4.47. The summed E-state index contributed by atoms with van der Waals surface area (Å²) in [6, 6.07) is 0. The van der Waals surface area contributed by atoms with Crippen molar-refractivity contribution in [2.75, 3.05) is 19.0 Å². The third-order valence-electron chi connectivity index (χ3n) is 2.86. The Kier molecular flexibility index (Phi) is 2.63. The summed E-state index contributed by atoms with van der Waals surface area (Å²) in [4.78, 5) is 10.9. The van der Waals surface area contributed by atoms with Crippen molar-refractivity contribution in [3.05, 3.63) is 17.6 Å². The molecule has 0 amide bonds. The topological polar surface area (TPSA) is 29.0 Å². The highest BCUT2D eigenvalue weighted by molar-refractivity contribution is 5.50. The average molecular weight is 205 g/mol. The first-order chi connectivity index (χ1) is 7.11. The molecule has 1 heterocycles. The molecule has 0 spiro atoms. The maximum Gasteiger partial charge on any atom is 0.135 e. The Morgan fingerprint density at radius 1 is 1.27 bits per heavy atom. The molecule has 82 valence electrons. The lowest BCUT2D eigenvalue weighted by molar-refractivity contribution is 0.796. The van der Waals surface area contributed by atoms with Crippen LogP contribution in [0.3, 0.4) is 0 Å². The Labute approximate surface area is 91.5 Å². The van der Waals surface area contributed by atoms with Gasteiger partial charge in [-0.15, -0.1) is 0 Å². The van der Waals surface area contributed by atoms with Crippen LogP contribution in [0.2, 0.25) is 0 Å². The fourth-order valence-corrected chi connectivity index (χ4v) is 1.99. The van der Waals surface area contributed by atoms with E-state index in [0.717, 1.165) is 5.82 Å². The first-order valence-corrected chi connectivity index (χ1v) is 5.63. The lowest BCUT2D eigenvalue weighted by Crippen LogP contribution is -2.16. The molecule has 15 heavy (non-hydrogen) atoms. The van der Waals surface area contributed by atoms with Gasteiger partial charge in [-0.3, -0.25) is 0 Å². The molecule has 3 nitrogen and oxygen atoms in total. The van der Waals surface area contributed by atoms with E-state index in [1.165, 1.54) is 24.1 Å². The van der Waals surface area contributed by atoms with Crippen molar-refractivity contribution in [3.8, 4) is 0 Å². The number of aromatic nitrogens is 2. The second kappa shape index (κ2) is 3.80. The molecule has 0 saturated heterocycles. The van der Waals surface area contributed by atoms with Gasteiger partial charge in [-0.25, -0.2) is 9.97 Å². The number of hydrogen-bond acceptors (Lipinski definition) is 3. The standard InChI is InChI=1S/C12H19N3/c1-8(2)10-11(9-5-6-9)13-7-14-12(10)15(3)4/h7-9H,5-6H2,1-4H3. The molecular formula is C12H19N3. The van der Waals surface area contributed by atoms with Crippen LogP contribution in [0.15, 0.2) is 6.33 Å². The van der Waals surface area contributed by atoms with Crippen LogP contribution in [0, 0.1) is 0 Å². The van der Waals surface area contributed by atoms with Crippen molar-refractivity contribution in [1.82, 2.24) is 9.97 Å². The minimum absolute atomic E-state index is 0.499. The zero-order chi connectivity index (χ0) is 11.0. The summed E-state index contributed by atoms with van der Waals surface area (Å²) < 4.78 is 0. The van der Waals surface area contributed by atoms with Crippen LogP contribution in [-0.2, 0) is 0 Å². The van der Waals surface area contributed by atoms with Crippen molar-refractivity contribution in [1.29, 1.82) is 0 Å². The van der Waals surface area contributed by atoms with E-state index in [1.54, 1.807) is 6.33 Å². The molecule has 0 radical (unpaired) electrons. The van der Waals surface area contributed by atoms with E-state index < -0.39 is 0 Å². The summed E-state index contributed by atoms with van der Waals surface area (Å²) in [5.41, 5.74) is 2.62. The monoisotopic (exact) mass is 205 g/mol. The Morgan fingerprint density at radius 2 is 1.93 bits per heavy atom. The second-order valence-corrected chi connectivity index (χ2v) is 4.82. The van der Waals surface area contributed by atoms with Gasteiger partial charge in [0.1, 0.15) is 12.1 Å². The molecule has 0 unspecified atom stereocenters. The quantitative estimate of drug-likeness (QED) is 0.759. The van der Waals surface area contributed by atoms with Crippen LogP contribution in [0.5, 0.6) is 0 Å². The van der Waals surface area contributed by atoms with E-state index in [2.05, 4.69) is 28.7 Å². The minimum atomic E-state index is 0.499. The third-order valence-corrected chi connectivity index (χ3v) is 2.86. The molecule has 0 bridgehead atoms. The minimum Gasteiger partial charge on any atom is -0.362 e. The van der Waals surface area contributed by atoms with Crippen LogP contribution in [-0.4, -0.2) is 24.1 Å². The molecular weight excluding hydrogens is 186 g/mol. The fraction of sp³-hybridized carbons (Fsp3) is 0.667. The lowest BCUT2D eigenvalue weighted by atomic mass is 9.99. The molecule has 1 aromatic rings. The predicted octanol–water partition coefficient (Wildman–Crippen LogP) is 2.54. The van der Waals surface area contributed by atoms with Gasteiger partial charge >= 0.3 is 0 Å². The molecule has 1 aromatic heterocycles. The van der Waals surface area contributed by atoms with Gasteiger partial charge in [-0.05, 0) is 18.8 Å². The van der Waals surface area contributed by atoms with Gasteiger partial charge in [0.25, 0.3) is 0 Å². The lowest BCUT2D eigenvalue weighted by Gasteiger charge is -2.20. The van der Waals surface area contributed by atoms with E-state index in [1.807, 2.05) is 14.1 Å². The zero-order valence-corrected chi connectivity index (χ0v) is 9.99.